The molecule has 1 fully saturated rings. The summed E-state index contributed by atoms with van der Waals surface area (Å²) >= 11 is 0. The maximum absolute atomic E-state index is 11.9. The monoisotopic (exact) mass is 285 g/mol. The van der Waals surface area contributed by atoms with Crippen LogP contribution in [0.25, 0.3) is 5.69 Å². The summed E-state index contributed by atoms with van der Waals surface area (Å²) in [5.41, 5.74) is 1.60. The van der Waals surface area contributed by atoms with Crippen molar-refractivity contribution in [1.82, 2.24) is 25.3 Å². The largest absolute Gasteiger partial charge is 0.350 e. The molecule has 0 spiro atoms. The van der Waals surface area contributed by atoms with E-state index in [0.717, 1.165) is 11.4 Å². The lowest BCUT2D eigenvalue weighted by Crippen LogP contribution is -2.24. The highest BCUT2D eigenvalue weighted by Crippen LogP contribution is 2.27. The number of hydrogen-bond acceptors (Lipinski definition) is 4. The van der Waals surface area contributed by atoms with Gasteiger partial charge in [0.2, 0.25) is 5.91 Å². The summed E-state index contributed by atoms with van der Waals surface area (Å²) in [4.78, 5) is 15.9. The third-order valence-corrected chi connectivity index (χ3v) is 3.87. The molecule has 2 heterocycles. The van der Waals surface area contributed by atoms with E-state index in [4.69, 9.17) is 0 Å². The summed E-state index contributed by atoms with van der Waals surface area (Å²) in [5.74, 6) is 0.675. The van der Waals surface area contributed by atoms with Gasteiger partial charge >= 0.3 is 0 Å². The zero-order chi connectivity index (χ0) is 14.5. The molecule has 0 aromatic carbocycles. The molecule has 1 aliphatic carbocycles. The Balaban J connectivity index is 1.51. The molecule has 0 radical (unpaired) electrons. The van der Waals surface area contributed by atoms with Crippen molar-refractivity contribution < 1.29 is 4.79 Å². The van der Waals surface area contributed by atoms with Crippen molar-refractivity contribution in [3.05, 3.63) is 36.4 Å². The fourth-order valence-corrected chi connectivity index (χ4v) is 2.73. The van der Waals surface area contributed by atoms with Crippen LogP contribution in [-0.4, -0.2) is 25.9 Å². The van der Waals surface area contributed by atoms with Gasteiger partial charge in [0.05, 0.1) is 24.6 Å². The second-order valence-electron chi connectivity index (χ2n) is 5.50. The van der Waals surface area contributed by atoms with Crippen molar-refractivity contribution in [2.45, 2.75) is 38.6 Å². The molecule has 0 unspecified atom stereocenters. The number of nitrogens with one attached hydrogen (secondary N) is 1. The smallest absolute Gasteiger partial charge is 0.220 e. The van der Waals surface area contributed by atoms with E-state index in [9.17, 15) is 4.79 Å². The Labute approximate surface area is 123 Å². The summed E-state index contributed by atoms with van der Waals surface area (Å²) in [6, 6.07) is 3.75. The zero-order valence-corrected chi connectivity index (χ0v) is 11.9. The lowest BCUT2D eigenvalue weighted by molar-refractivity contribution is -0.122. The molecule has 21 heavy (non-hydrogen) atoms. The molecule has 2 aromatic rings. The van der Waals surface area contributed by atoms with Crippen LogP contribution >= 0.6 is 0 Å². The van der Waals surface area contributed by atoms with Gasteiger partial charge in [-0.15, -0.1) is 5.10 Å². The quantitative estimate of drug-likeness (QED) is 0.910. The van der Waals surface area contributed by atoms with Crippen molar-refractivity contribution in [2.24, 2.45) is 5.92 Å². The van der Waals surface area contributed by atoms with Gasteiger partial charge in [-0.2, -0.15) is 0 Å². The fraction of sp³-hybridized carbons (Fsp3) is 0.467. The molecule has 110 valence electrons. The highest BCUT2D eigenvalue weighted by molar-refractivity contribution is 5.76. The Morgan fingerprint density at radius 2 is 2.24 bits per heavy atom. The van der Waals surface area contributed by atoms with Crippen LogP contribution in [0.3, 0.4) is 0 Å². The Bertz CT molecular complexity index is 589. The van der Waals surface area contributed by atoms with E-state index in [-0.39, 0.29) is 5.91 Å². The van der Waals surface area contributed by atoms with Crippen molar-refractivity contribution >= 4 is 5.91 Å². The standard InChI is InChI=1S/C15H19N5O/c21-15(8-12-4-1-2-5-12)17-9-13-11-20(19-18-13)14-6-3-7-16-10-14/h3,6-7,10-12H,1-2,4-5,8-9H2,(H,17,21). The minimum atomic E-state index is 0.109. The Kier molecular flexibility index (Phi) is 4.23. The van der Waals surface area contributed by atoms with Gasteiger partial charge in [-0.1, -0.05) is 18.1 Å². The molecule has 0 bridgehead atoms. The minimum absolute atomic E-state index is 0.109. The first kappa shape index (κ1) is 13.7. The molecule has 1 N–H and O–H groups in total. The minimum Gasteiger partial charge on any atom is -0.350 e. The first-order valence-corrected chi connectivity index (χ1v) is 7.39. The summed E-state index contributed by atoms with van der Waals surface area (Å²) in [5, 5.41) is 11.0. The van der Waals surface area contributed by atoms with Crippen LogP contribution in [0.4, 0.5) is 0 Å². The van der Waals surface area contributed by atoms with Gasteiger partial charge in [0.25, 0.3) is 0 Å². The molecule has 1 saturated carbocycles. The van der Waals surface area contributed by atoms with Gasteiger partial charge in [-0.25, -0.2) is 4.68 Å². The van der Waals surface area contributed by atoms with Crippen LogP contribution in [0.5, 0.6) is 0 Å². The summed E-state index contributed by atoms with van der Waals surface area (Å²) in [6.45, 7) is 0.422. The van der Waals surface area contributed by atoms with E-state index in [1.54, 1.807) is 17.1 Å². The number of rotatable bonds is 5. The average Bonchev–Trinajstić information content (AvgIpc) is 3.17. The fourth-order valence-electron chi connectivity index (χ4n) is 2.73. The van der Waals surface area contributed by atoms with Gasteiger partial charge in [0.1, 0.15) is 5.69 Å². The zero-order valence-electron chi connectivity index (χ0n) is 11.9. The second-order valence-corrected chi connectivity index (χ2v) is 5.50. The van der Waals surface area contributed by atoms with E-state index in [1.165, 1.54) is 25.7 Å². The number of carbonyl (C=O) groups is 1. The van der Waals surface area contributed by atoms with Crippen LogP contribution in [0.2, 0.25) is 0 Å². The van der Waals surface area contributed by atoms with E-state index < -0.39 is 0 Å². The van der Waals surface area contributed by atoms with Gasteiger partial charge < -0.3 is 5.32 Å². The van der Waals surface area contributed by atoms with Crippen LogP contribution in [-0.2, 0) is 11.3 Å². The molecule has 1 aliphatic rings. The number of nitrogens with zero attached hydrogens (tertiary/aromatic N) is 4. The predicted octanol–water partition coefficient (Wildman–Crippen LogP) is 1.86. The maximum atomic E-state index is 11.9. The van der Waals surface area contributed by atoms with Crippen molar-refractivity contribution in [3.63, 3.8) is 0 Å². The van der Waals surface area contributed by atoms with E-state index >= 15 is 0 Å². The number of hydrogen-bond donors (Lipinski definition) is 1. The SMILES string of the molecule is O=C(CC1CCCC1)NCc1cn(-c2cccnc2)nn1. The highest BCUT2D eigenvalue weighted by Gasteiger charge is 2.18. The average molecular weight is 285 g/mol. The van der Waals surface area contributed by atoms with E-state index in [2.05, 4.69) is 20.6 Å². The van der Waals surface area contributed by atoms with E-state index in [0.29, 0.717) is 18.9 Å². The number of pyridine rings is 1. The molecule has 6 nitrogen and oxygen atoms in total. The molecule has 0 aliphatic heterocycles. The molecule has 6 heteroatoms. The number of carbonyl (C=O) groups excluding carboxylic acids is 1. The Morgan fingerprint density at radius 3 is 3.00 bits per heavy atom. The van der Waals surface area contributed by atoms with Crippen LogP contribution < -0.4 is 5.32 Å². The van der Waals surface area contributed by atoms with Crippen molar-refractivity contribution in [1.29, 1.82) is 0 Å². The number of aromatic nitrogens is 4. The van der Waals surface area contributed by atoms with Crippen molar-refractivity contribution in [3.8, 4) is 5.69 Å². The molecule has 2 aromatic heterocycles. The van der Waals surface area contributed by atoms with Crippen LogP contribution in [0, 0.1) is 5.92 Å². The molecular weight excluding hydrogens is 266 g/mol. The topological polar surface area (TPSA) is 72.7 Å². The molecular formula is C15H19N5O. The Hall–Kier alpha value is -2.24. The van der Waals surface area contributed by atoms with Gasteiger partial charge in [-0.3, -0.25) is 9.78 Å². The summed E-state index contributed by atoms with van der Waals surface area (Å²) < 4.78 is 1.66. The van der Waals surface area contributed by atoms with E-state index in [1.807, 2.05) is 18.3 Å². The molecule has 3 rings (SSSR count). The molecule has 1 amide bonds. The van der Waals surface area contributed by atoms with Gasteiger partial charge in [0, 0.05) is 12.6 Å². The van der Waals surface area contributed by atoms with Crippen LogP contribution in [0.1, 0.15) is 37.8 Å². The lowest BCUT2D eigenvalue weighted by Gasteiger charge is -2.08. The maximum Gasteiger partial charge on any atom is 0.220 e. The van der Waals surface area contributed by atoms with Gasteiger partial charge in [0.15, 0.2) is 0 Å². The second kappa shape index (κ2) is 6.47. The normalized spacial score (nSPS) is 15.2. The molecule has 0 saturated heterocycles. The third kappa shape index (κ3) is 3.65. The first-order chi connectivity index (χ1) is 10.3. The van der Waals surface area contributed by atoms with Crippen molar-refractivity contribution in [2.75, 3.05) is 0 Å². The summed E-state index contributed by atoms with van der Waals surface area (Å²) in [7, 11) is 0. The first-order valence-electron chi connectivity index (χ1n) is 7.39. The summed E-state index contributed by atoms with van der Waals surface area (Å²) in [6.07, 6.45) is 10.8. The Morgan fingerprint density at radius 1 is 1.38 bits per heavy atom. The molecule has 0 atom stereocenters. The lowest BCUT2D eigenvalue weighted by atomic mass is 10.0. The third-order valence-electron chi connectivity index (χ3n) is 3.87. The van der Waals surface area contributed by atoms with Crippen LogP contribution in [0.15, 0.2) is 30.7 Å². The number of amides is 1. The highest BCUT2D eigenvalue weighted by atomic mass is 16.1. The predicted molar refractivity (Wildman–Crippen MR) is 77.6 cm³/mol. The van der Waals surface area contributed by atoms with Gasteiger partial charge in [-0.05, 0) is 30.9 Å².